The highest BCUT2D eigenvalue weighted by Crippen LogP contribution is 2.19. The van der Waals surface area contributed by atoms with Crippen LogP contribution >= 0.6 is 0 Å². The third kappa shape index (κ3) is 10.2. The Hall–Kier alpha value is -3.85. The number of Topliss-reactive ketones (excluding diaryl/α,β-unsaturated/α-hetero) is 1. The number of ether oxygens (including phenoxy) is 1. The van der Waals surface area contributed by atoms with Gasteiger partial charge in [-0.1, -0.05) is 0 Å². The van der Waals surface area contributed by atoms with E-state index in [9.17, 15) is 23.2 Å². The summed E-state index contributed by atoms with van der Waals surface area (Å²) in [5.74, 6) is -1.57. The molecule has 34 heavy (non-hydrogen) atoms. The van der Waals surface area contributed by atoms with E-state index >= 15 is 0 Å². The van der Waals surface area contributed by atoms with E-state index in [1.165, 1.54) is 36.4 Å². The number of hydrogen-bond acceptors (Lipinski definition) is 5. The number of benzene rings is 2. The maximum atomic E-state index is 12.9. The molecule has 0 aromatic heterocycles. The lowest BCUT2D eigenvalue weighted by Gasteiger charge is -2.26. The van der Waals surface area contributed by atoms with Gasteiger partial charge in [0.15, 0.2) is 5.78 Å². The summed E-state index contributed by atoms with van der Waals surface area (Å²) in [5.41, 5.74) is 0.555. The smallest absolute Gasteiger partial charge is 0.328 e. The van der Waals surface area contributed by atoms with Crippen LogP contribution < -0.4 is 4.74 Å². The highest BCUT2D eigenvalue weighted by Gasteiger charge is 2.14. The van der Waals surface area contributed by atoms with Crippen LogP contribution in [0.2, 0.25) is 0 Å². The number of carboxylic acid groups (broad SMARTS) is 2. The molecule has 0 bridgehead atoms. The number of aliphatic carboxylic acids is 2. The van der Waals surface area contributed by atoms with Gasteiger partial charge in [-0.3, -0.25) is 9.69 Å². The second-order valence-electron chi connectivity index (χ2n) is 7.32. The Labute approximate surface area is 195 Å². The van der Waals surface area contributed by atoms with Gasteiger partial charge in [0.25, 0.3) is 0 Å². The van der Waals surface area contributed by atoms with Gasteiger partial charge >= 0.3 is 11.9 Å². The number of halogens is 2. The third-order valence-electron chi connectivity index (χ3n) is 4.73. The number of carboxylic acids is 2. The normalized spacial score (nSPS) is 13.5. The van der Waals surface area contributed by atoms with Crippen LogP contribution in [-0.2, 0) is 9.59 Å². The van der Waals surface area contributed by atoms with Crippen molar-refractivity contribution in [3.8, 4) is 5.75 Å². The fourth-order valence-electron chi connectivity index (χ4n) is 3.03. The molecular weight excluding hydrogens is 448 g/mol. The molecule has 2 aromatic rings. The minimum absolute atomic E-state index is 0.0397. The summed E-state index contributed by atoms with van der Waals surface area (Å²) in [4.78, 5) is 33.4. The van der Waals surface area contributed by atoms with Crippen molar-refractivity contribution in [2.75, 3.05) is 19.6 Å². The number of carbonyl (C=O) groups excluding carboxylic acids is 1. The Morgan fingerprint density at radius 2 is 1.47 bits per heavy atom. The third-order valence-corrected chi connectivity index (χ3v) is 4.73. The van der Waals surface area contributed by atoms with E-state index < -0.39 is 11.9 Å². The average Bonchev–Trinajstić information content (AvgIpc) is 2.81. The Balaban J connectivity index is 0.000000440. The van der Waals surface area contributed by atoms with Crippen molar-refractivity contribution >= 4 is 17.7 Å². The molecule has 2 N–H and O–H groups in total. The number of hydrogen-bond donors (Lipinski definition) is 2. The largest absolute Gasteiger partial charge is 0.478 e. The van der Waals surface area contributed by atoms with Crippen LogP contribution in [0.25, 0.3) is 0 Å². The second kappa shape index (κ2) is 13.6. The zero-order chi connectivity index (χ0) is 24.9. The van der Waals surface area contributed by atoms with Gasteiger partial charge in [-0.2, -0.15) is 0 Å². The summed E-state index contributed by atoms with van der Waals surface area (Å²) in [6.45, 7) is 2.45. The molecule has 0 atom stereocenters. The molecule has 0 saturated heterocycles. The molecule has 2 aromatic carbocycles. The topological polar surface area (TPSA) is 104 Å². The summed E-state index contributed by atoms with van der Waals surface area (Å²) in [5, 5.41) is 15.6. The molecule has 0 unspecified atom stereocenters. The first-order chi connectivity index (χ1) is 16.2. The maximum Gasteiger partial charge on any atom is 0.328 e. The Bertz CT molecular complexity index is 1020. The van der Waals surface area contributed by atoms with Crippen molar-refractivity contribution in [1.29, 1.82) is 0 Å². The number of ketones is 1. The lowest BCUT2D eigenvalue weighted by molar-refractivity contribution is -0.134. The first-order valence-electron chi connectivity index (χ1n) is 10.5. The van der Waals surface area contributed by atoms with Crippen LogP contribution in [0.5, 0.6) is 5.75 Å². The molecule has 1 heterocycles. The highest BCUT2D eigenvalue weighted by atomic mass is 19.1. The zero-order valence-corrected chi connectivity index (χ0v) is 18.3. The van der Waals surface area contributed by atoms with Crippen LogP contribution in [0.3, 0.4) is 0 Å². The molecular formula is C25H25F2NO6. The van der Waals surface area contributed by atoms with Crippen LogP contribution in [0.15, 0.2) is 72.5 Å². The quantitative estimate of drug-likeness (QED) is 0.413. The fourth-order valence-corrected chi connectivity index (χ4v) is 3.03. The molecule has 9 heteroatoms. The van der Waals surface area contributed by atoms with E-state index in [4.69, 9.17) is 14.9 Å². The van der Waals surface area contributed by atoms with Gasteiger partial charge in [0.1, 0.15) is 23.1 Å². The van der Waals surface area contributed by atoms with Gasteiger partial charge in [-0.15, -0.1) is 0 Å². The molecule has 180 valence electrons. The molecule has 7 nitrogen and oxygen atoms in total. The van der Waals surface area contributed by atoms with Crippen molar-refractivity contribution < 1.29 is 38.1 Å². The van der Waals surface area contributed by atoms with Crippen molar-refractivity contribution in [3.63, 3.8) is 0 Å². The number of nitrogens with zero attached hydrogens (tertiary/aromatic N) is 1. The zero-order valence-electron chi connectivity index (χ0n) is 18.3. The van der Waals surface area contributed by atoms with E-state index in [1.54, 1.807) is 12.1 Å². The molecule has 0 fully saturated rings. The summed E-state index contributed by atoms with van der Waals surface area (Å²) >= 11 is 0. The van der Waals surface area contributed by atoms with Gasteiger partial charge in [-0.25, -0.2) is 18.4 Å². The summed E-state index contributed by atoms with van der Waals surface area (Å²) in [7, 11) is 0. The van der Waals surface area contributed by atoms with Crippen LogP contribution in [0, 0.1) is 11.6 Å². The Morgan fingerprint density at radius 1 is 0.912 bits per heavy atom. The van der Waals surface area contributed by atoms with Gasteiger partial charge in [0.05, 0.1) is 0 Å². The van der Waals surface area contributed by atoms with E-state index in [0.29, 0.717) is 29.9 Å². The minimum Gasteiger partial charge on any atom is -0.478 e. The molecule has 0 aliphatic carbocycles. The lowest BCUT2D eigenvalue weighted by Crippen LogP contribution is -2.30. The van der Waals surface area contributed by atoms with Gasteiger partial charge in [0.2, 0.25) is 0 Å². The first-order valence-corrected chi connectivity index (χ1v) is 10.5. The molecule has 0 spiro atoms. The molecule has 1 aliphatic rings. The lowest BCUT2D eigenvalue weighted by atomic mass is 10.1. The molecule has 0 amide bonds. The highest BCUT2D eigenvalue weighted by molar-refractivity contribution is 5.96. The SMILES string of the molecule is O=C(CCCN1CC=C(Oc2ccc(F)cc2)CC1)c1ccc(F)cc1.O=C(O)/C=C/C(=O)O. The van der Waals surface area contributed by atoms with Gasteiger partial charge < -0.3 is 14.9 Å². The fraction of sp³-hybridized carbons (Fsp3) is 0.240. The van der Waals surface area contributed by atoms with E-state index in [-0.39, 0.29) is 17.4 Å². The van der Waals surface area contributed by atoms with Crippen LogP contribution in [0.1, 0.15) is 29.6 Å². The van der Waals surface area contributed by atoms with E-state index in [1.807, 2.05) is 6.08 Å². The van der Waals surface area contributed by atoms with Crippen molar-refractivity contribution in [2.45, 2.75) is 19.3 Å². The standard InChI is InChI=1S/C21H21F2NO2.C4H4O4/c22-17-5-3-16(4-6-17)21(25)2-1-13-24-14-11-20(12-15-24)26-19-9-7-18(23)8-10-19;5-3(6)1-2-4(7)8/h3-11H,1-2,12-15H2;1-2H,(H,5,6)(H,7,8)/b;2-1+. The van der Waals surface area contributed by atoms with Crippen molar-refractivity contribution in [3.05, 3.63) is 89.7 Å². The van der Waals surface area contributed by atoms with Crippen LogP contribution in [0.4, 0.5) is 8.78 Å². The summed E-state index contributed by atoms with van der Waals surface area (Å²) in [6.07, 6.45) is 5.13. The maximum absolute atomic E-state index is 12.9. The minimum atomic E-state index is -1.26. The monoisotopic (exact) mass is 473 g/mol. The van der Waals surface area contributed by atoms with Crippen molar-refractivity contribution in [2.24, 2.45) is 0 Å². The first kappa shape index (κ1) is 26.4. The molecule has 0 saturated carbocycles. The van der Waals surface area contributed by atoms with E-state index in [0.717, 1.165) is 38.2 Å². The molecule has 3 rings (SSSR count). The van der Waals surface area contributed by atoms with Crippen LogP contribution in [-0.4, -0.2) is 52.5 Å². The Morgan fingerprint density at radius 3 is 1.97 bits per heavy atom. The molecule has 0 radical (unpaired) electrons. The summed E-state index contributed by atoms with van der Waals surface area (Å²) in [6, 6.07) is 11.7. The average molecular weight is 473 g/mol. The molecule has 1 aliphatic heterocycles. The number of carbonyl (C=O) groups is 3. The predicted octanol–water partition coefficient (Wildman–Crippen LogP) is 4.31. The Kier molecular flexibility index (Phi) is 10.6. The predicted molar refractivity (Wildman–Crippen MR) is 121 cm³/mol. The second-order valence-corrected chi connectivity index (χ2v) is 7.32. The van der Waals surface area contributed by atoms with Gasteiger partial charge in [0, 0.05) is 43.6 Å². The van der Waals surface area contributed by atoms with E-state index in [2.05, 4.69) is 4.90 Å². The summed E-state index contributed by atoms with van der Waals surface area (Å²) < 4.78 is 31.5. The number of rotatable bonds is 9. The van der Waals surface area contributed by atoms with Gasteiger partial charge in [-0.05, 0) is 67.6 Å². The van der Waals surface area contributed by atoms with Crippen molar-refractivity contribution in [1.82, 2.24) is 4.90 Å².